The first kappa shape index (κ1) is 15.2. The summed E-state index contributed by atoms with van der Waals surface area (Å²) in [6, 6.07) is 7.97. The highest BCUT2D eigenvalue weighted by Crippen LogP contribution is 2.24. The Labute approximate surface area is 141 Å². The van der Waals surface area contributed by atoms with E-state index in [-0.39, 0.29) is 5.91 Å². The van der Waals surface area contributed by atoms with Gasteiger partial charge < -0.3 is 14.7 Å². The fourth-order valence-electron chi connectivity index (χ4n) is 3.44. The molecule has 2 aliphatic heterocycles. The van der Waals surface area contributed by atoms with Crippen molar-refractivity contribution in [2.24, 2.45) is 0 Å². The predicted octanol–water partition coefficient (Wildman–Crippen LogP) is 1.91. The number of nitrogens with zero attached hydrogens (tertiary/aromatic N) is 3. The van der Waals surface area contributed by atoms with Crippen molar-refractivity contribution in [3.05, 3.63) is 46.8 Å². The van der Waals surface area contributed by atoms with Gasteiger partial charge in [0.2, 0.25) is 0 Å². The first-order valence-electron chi connectivity index (χ1n) is 8.50. The molecule has 0 radical (unpaired) electrons. The van der Waals surface area contributed by atoms with Gasteiger partial charge in [-0.15, -0.1) is 0 Å². The number of benzene rings is 1. The number of carbonyl (C=O) groups excluding carboxylic acids is 1. The minimum atomic E-state index is 0.139. The first-order chi connectivity index (χ1) is 11.7. The molecule has 4 rings (SSSR count). The Morgan fingerprint density at radius 3 is 2.83 bits per heavy atom. The predicted molar refractivity (Wildman–Crippen MR) is 91.1 cm³/mol. The highest BCUT2D eigenvalue weighted by molar-refractivity contribution is 5.95. The summed E-state index contributed by atoms with van der Waals surface area (Å²) in [6.45, 7) is 6.87. The van der Waals surface area contributed by atoms with Crippen molar-refractivity contribution in [1.82, 2.24) is 15.0 Å². The van der Waals surface area contributed by atoms with Crippen molar-refractivity contribution in [3.63, 3.8) is 0 Å². The van der Waals surface area contributed by atoms with Crippen LogP contribution < -0.4 is 5.32 Å². The Kier molecular flexibility index (Phi) is 3.98. The quantitative estimate of drug-likeness (QED) is 0.933. The van der Waals surface area contributed by atoms with Gasteiger partial charge in [0.1, 0.15) is 0 Å². The van der Waals surface area contributed by atoms with Gasteiger partial charge in [0.15, 0.2) is 5.76 Å². The van der Waals surface area contributed by atoms with Gasteiger partial charge >= 0.3 is 0 Å². The number of amides is 1. The molecule has 1 fully saturated rings. The lowest BCUT2D eigenvalue weighted by molar-refractivity contribution is 0.0617. The van der Waals surface area contributed by atoms with Crippen LogP contribution in [0.5, 0.6) is 0 Å². The second-order valence-electron chi connectivity index (χ2n) is 6.55. The van der Waals surface area contributed by atoms with E-state index in [2.05, 4.69) is 15.4 Å². The summed E-state index contributed by atoms with van der Waals surface area (Å²) >= 11 is 0. The van der Waals surface area contributed by atoms with E-state index in [1.54, 1.807) is 0 Å². The van der Waals surface area contributed by atoms with Crippen molar-refractivity contribution in [1.29, 1.82) is 0 Å². The van der Waals surface area contributed by atoms with Gasteiger partial charge in [0.25, 0.3) is 5.91 Å². The van der Waals surface area contributed by atoms with Crippen molar-refractivity contribution >= 4 is 11.6 Å². The number of piperazine rings is 1. The fourth-order valence-corrected chi connectivity index (χ4v) is 3.44. The Balaban J connectivity index is 1.36. The number of hydrogen-bond acceptors (Lipinski definition) is 5. The van der Waals surface area contributed by atoms with Crippen LogP contribution in [0.1, 0.15) is 27.4 Å². The summed E-state index contributed by atoms with van der Waals surface area (Å²) in [6.07, 6.45) is 1.00. The van der Waals surface area contributed by atoms with Crippen LogP contribution in [0.2, 0.25) is 0 Å². The maximum atomic E-state index is 12.7. The lowest BCUT2D eigenvalue weighted by Crippen LogP contribution is -2.48. The number of carbonyl (C=O) groups is 1. The molecule has 0 unspecified atom stereocenters. The molecule has 6 heteroatoms. The van der Waals surface area contributed by atoms with Gasteiger partial charge in [-0.05, 0) is 37.1 Å². The zero-order valence-corrected chi connectivity index (χ0v) is 13.9. The van der Waals surface area contributed by atoms with Crippen LogP contribution in [0.3, 0.4) is 0 Å². The number of nitrogens with one attached hydrogen (secondary N) is 1. The smallest absolute Gasteiger partial charge is 0.253 e. The average Bonchev–Trinajstić information content (AvgIpc) is 3.23. The molecule has 2 aromatic rings. The van der Waals surface area contributed by atoms with Gasteiger partial charge in [0, 0.05) is 50.0 Å². The molecule has 24 heavy (non-hydrogen) atoms. The number of hydrogen-bond donors (Lipinski definition) is 1. The lowest BCUT2D eigenvalue weighted by Gasteiger charge is -2.34. The summed E-state index contributed by atoms with van der Waals surface area (Å²) in [5, 5.41) is 7.25. The van der Waals surface area contributed by atoms with Gasteiger partial charge in [-0.1, -0.05) is 5.16 Å². The molecule has 1 saturated heterocycles. The van der Waals surface area contributed by atoms with Crippen LogP contribution in [0.25, 0.3) is 0 Å². The summed E-state index contributed by atoms with van der Waals surface area (Å²) in [5.41, 5.74) is 4.13. The monoisotopic (exact) mass is 326 g/mol. The van der Waals surface area contributed by atoms with Crippen LogP contribution in [-0.2, 0) is 13.0 Å². The van der Waals surface area contributed by atoms with Crippen molar-refractivity contribution in [3.8, 4) is 0 Å². The van der Waals surface area contributed by atoms with E-state index >= 15 is 0 Å². The molecule has 2 aliphatic rings. The van der Waals surface area contributed by atoms with Gasteiger partial charge in [-0.2, -0.15) is 0 Å². The minimum Gasteiger partial charge on any atom is -0.384 e. The Bertz CT molecular complexity index is 747. The second-order valence-corrected chi connectivity index (χ2v) is 6.55. The molecule has 126 valence electrons. The number of fused-ring (bicyclic) bond motifs is 1. The van der Waals surface area contributed by atoms with E-state index in [0.29, 0.717) is 0 Å². The molecule has 1 amide bonds. The SMILES string of the molecule is Cc1cc(CN2CCN(C(=O)c3ccc4c(c3)CCN4)CC2)on1. The molecular weight excluding hydrogens is 304 g/mol. The molecule has 0 spiro atoms. The Hall–Kier alpha value is -2.34. The number of aromatic nitrogens is 1. The van der Waals surface area contributed by atoms with E-state index in [0.717, 1.165) is 62.7 Å². The standard InChI is InChI=1S/C18H22N4O2/c1-13-10-16(24-20-13)12-21-6-8-22(9-7-21)18(23)15-2-3-17-14(11-15)4-5-19-17/h2-3,10-11,19H,4-9,12H2,1H3. The molecule has 6 nitrogen and oxygen atoms in total. The molecule has 1 aromatic carbocycles. The second kappa shape index (κ2) is 6.28. The molecular formula is C18H22N4O2. The Morgan fingerprint density at radius 1 is 1.25 bits per heavy atom. The minimum absolute atomic E-state index is 0.139. The van der Waals surface area contributed by atoms with Crippen LogP contribution in [0.15, 0.2) is 28.8 Å². The molecule has 0 saturated carbocycles. The van der Waals surface area contributed by atoms with Gasteiger partial charge in [-0.3, -0.25) is 9.69 Å². The third-order valence-corrected chi connectivity index (χ3v) is 4.78. The fraction of sp³-hybridized carbons (Fsp3) is 0.444. The van der Waals surface area contributed by atoms with E-state index in [9.17, 15) is 4.79 Å². The molecule has 0 bridgehead atoms. The van der Waals surface area contributed by atoms with E-state index < -0.39 is 0 Å². The molecule has 1 N–H and O–H groups in total. The number of anilines is 1. The largest absolute Gasteiger partial charge is 0.384 e. The summed E-state index contributed by atoms with van der Waals surface area (Å²) < 4.78 is 5.28. The number of rotatable bonds is 3. The highest BCUT2D eigenvalue weighted by Gasteiger charge is 2.24. The Morgan fingerprint density at radius 2 is 2.08 bits per heavy atom. The van der Waals surface area contributed by atoms with Crippen LogP contribution in [-0.4, -0.2) is 53.6 Å². The summed E-state index contributed by atoms with van der Waals surface area (Å²) in [4.78, 5) is 17.0. The lowest BCUT2D eigenvalue weighted by atomic mass is 10.1. The zero-order chi connectivity index (χ0) is 16.5. The third kappa shape index (κ3) is 3.01. The highest BCUT2D eigenvalue weighted by atomic mass is 16.5. The zero-order valence-electron chi connectivity index (χ0n) is 13.9. The van der Waals surface area contributed by atoms with Crippen LogP contribution >= 0.6 is 0 Å². The average molecular weight is 326 g/mol. The number of aryl methyl sites for hydroxylation is 1. The van der Waals surface area contributed by atoms with Crippen LogP contribution in [0.4, 0.5) is 5.69 Å². The van der Waals surface area contributed by atoms with Crippen LogP contribution in [0, 0.1) is 6.92 Å². The topological polar surface area (TPSA) is 61.6 Å². The molecule has 0 atom stereocenters. The molecule has 0 aliphatic carbocycles. The van der Waals surface area contributed by atoms with Gasteiger partial charge in [0.05, 0.1) is 12.2 Å². The van der Waals surface area contributed by atoms with E-state index in [1.165, 1.54) is 11.3 Å². The summed E-state index contributed by atoms with van der Waals surface area (Å²) in [5.74, 6) is 1.03. The molecule has 1 aromatic heterocycles. The van der Waals surface area contributed by atoms with Crippen molar-refractivity contribution in [2.75, 3.05) is 38.0 Å². The maximum Gasteiger partial charge on any atom is 0.253 e. The van der Waals surface area contributed by atoms with E-state index in [1.807, 2.05) is 36.1 Å². The summed E-state index contributed by atoms with van der Waals surface area (Å²) in [7, 11) is 0. The first-order valence-corrected chi connectivity index (χ1v) is 8.50. The van der Waals surface area contributed by atoms with E-state index in [4.69, 9.17) is 4.52 Å². The van der Waals surface area contributed by atoms with Gasteiger partial charge in [-0.25, -0.2) is 0 Å². The maximum absolute atomic E-state index is 12.7. The third-order valence-electron chi connectivity index (χ3n) is 4.78. The van der Waals surface area contributed by atoms with Crippen molar-refractivity contribution in [2.45, 2.75) is 19.9 Å². The molecule has 3 heterocycles. The normalized spacial score (nSPS) is 17.6. The van der Waals surface area contributed by atoms with Crippen molar-refractivity contribution < 1.29 is 9.32 Å².